The molecule has 1 unspecified atom stereocenters. The summed E-state index contributed by atoms with van der Waals surface area (Å²) in [5, 5.41) is 4.91. The van der Waals surface area contributed by atoms with E-state index in [-0.39, 0.29) is 6.04 Å². The number of rotatable bonds is 7. The fourth-order valence-electron chi connectivity index (χ4n) is 1.85. The van der Waals surface area contributed by atoms with Crippen molar-refractivity contribution in [1.29, 1.82) is 0 Å². The van der Waals surface area contributed by atoms with Crippen LogP contribution in [0.2, 0.25) is 0 Å². The smallest absolute Gasteiger partial charge is 0.241 e. The van der Waals surface area contributed by atoms with E-state index in [1.54, 1.807) is 11.4 Å². The van der Waals surface area contributed by atoms with Gasteiger partial charge in [-0.25, -0.2) is 13.1 Å². The second-order valence-electron chi connectivity index (χ2n) is 4.78. The van der Waals surface area contributed by atoms with Crippen LogP contribution < -0.4 is 10.0 Å². The lowest BCUT2D eigenvalue weighted by Crippen LogP contribution is -2.33. The van der Waals surface area contributed by atoms with E-state index in [0.29, 0.717) is 10.8 Å². The Hall–Kier alpha value is -0.430. The first-order valence-corrected chi connectivity index (χ1v) is 8.69. The molecule has 6 heteroatoms. The van der Waals surface area contributed by atoms with Gasteiger partial charge in [-0.1, -0.05) is 6.92 Å². The maximum atomic E-state index is 12.1. The van der Waals surface area contributed by atoms with Crippen LogP contribution in [-0.2, 0) is 16.6 Å². The summed E-state index contributed by atoms with van der Waals surface area (Å²) in [6.07, 6.45) is 2.28. The highest BCUT2D eigenvalue weighted by Gasteiger charge is 2.31. The fourth-order valence-corrected chi connectivity index (χ4v) is 4.40. The fraction of sp³-hybridized carbons (Fsp3) is 0.667. The minimum atomic E-state index is -3.34. The predicted octanol–water partition coefficient (Wildman–Crippen LogP) is 1.93. The Bertz CT molecular complexity index is 492. The second kappa shape index (κ2) is 5.69. The maximum absolute atomic E-state index is 12.1. The number of sulfonamides is 1. The summed E-state index contributed by atoms with van der Waals surface area (Å²) in [5.41, 5.74) is 0. The van der Waals surface area contributed by atoms with Crippen LogP contribution in [0.15, 0.2) is 16.3 Å². The average molecular weight is 288 g/mol. The molecule has 1 aliphatic carbocycles. The number of thiophene rings is 1. The lowest BCUT2D eigenvalue weighted by molar-refractivity contribution is 0.538. The normalized spacial score (nSPS) is 17.9. The summed E-state index contributed by atoms with van der Waals surface area (Å²) in [4.78, 5) is 1.45. The summed E-state index contributed by atoms with van der Waals surface area (Å²) in [5.74, 6) is 0.527. The summed E-state index contributed by atoms with van der Waals surface area (Å²) < 4.78 is 27.0. The zero-order valence-electron chi connectivity index (χ0n) is 10.8. The van der Waals surface area contributed by atoms with E-state index < -0.39 is 10.0 Å². The molecule has 0 aromatic carbocycles. The summed E-state index contributed by atoms with van der Waals surface area (Å²) in [6, 6.07) is 1.81. The van der Waals surface area contributed by atoms with Gasteiger partial charge in [0.05, 0.1) is 4.90 Å². The Morgan fingerprint density at radius 1 is 1.50 bits per heavy atom. The van der Waals surface area contributed by atoms with Crippen molar-refractivity contribution in [3.05, 3.63) is 16.3 Å². The number of nitrogens with one attached hydrogen (secondary N) is 2. The van der Waals surface area contributed by atoms with E-state index in [1.807, 2.05) is 13.8 Å². The molecule has 1 aromatic heterocycles. The molecule has 1 atom stereocenters. The van der Waals surface area contributed by atoms with E-state index in [1.165, 1.54) is 11.3 Å². The van der Waals surface area contributed by atoms with Crippen LogP contribution in [0.25, 0.3) is 0 Å². The van der Waals surface area contributed by atoms with Crippen LogP contribution in [0.3, 0.4) is 0 Å². The van der Waals surface area contributed by atoms with Crippen molar-refractivity contribution in [3.63, 3.8) is 0 Å². The van der Waals surface area contributed by atoms with Gasteiger partial charge in [0.25, 0.3) is 0 Å². The van der Waals surface area contributed by atoms with E-state index >= 15 is 0 Å². The van der Waals surface area contributed by atoms with Gasteiger partial charge in [0.2, 0.25) is 10.0 Å². The number of hydrogen-bond acceptors (Lipinski definition) is 4. The molecule has 2 N–H and O–H groups in total. The van der Waals surface area contributed by atoms with Crippen molar-refractivity contribution < 1.29 is 8.42 Å². The minimum Gasteiger partial charge on any atom is -0.312 e. The van der Waals surface area contributed by atoms with Crippen LogP contribution in [0.5, 0.6) is 0 Å². The van der Waals surface area contributed by atoms with Crippen LogP contribution >= 0.6 is 11.3 Å². The minimum absolute atomic E-state index is 0.0483. The van der Waals surface area contributed by atoms with Crippen molar-refractivity contribution in [1.82, 2.24) is 10.0 Å². The highest BCUT2D eigenvalue weighted by Crippen LogP contribution is 2.33. The Morgan fingerprint density at radius 2 is 2.22 bits per heavy atom. The third kappa shape index (κ3) is 3.54. The van der Waals surface area contributed by atoms with Crippen molar-refractivity contribution >= 4 is 21.4 Å². The van der Waals surface area contributed by atoms with Crippen molar-refractivity contribution in [2.45, 2.75) is 44.2 Å². The Kier molecular flexibility index (Phi) is 4.42. The molecule has 1 aliphatic rings. The van der Waals surface area contributed by atoms with Gasteiger partial charge in [0.15, 0.2) is 0 Å². The van der Waals surface area contributed by atoms with Gasteiger partial charge in [0, 0.05) is 22.8 Å². The van der Waals surface area contributed by atoms with Crippen LogP contribution in [0.1, 0.15) is 31.6 Å². The second-order valence-corrected chi connectivity index (χ2v) is 7.49. The van der Waals surface area contributed by atoms with Crippen molar-refractivity contribution in [2.24, 2.45) is 5.92 Å². The molecule has 0 saturated heterocycles. The quantitative estimate of drug-likeness (QED) is 0.806. The van der Waals surface area contributed by atoms with Crippen LogP contribution in [-0.4, -0.2) is 21.0 Å². The van der Waals surface area contributed by atoms with Crippen molar-refractivity contribution in [3.8, 4) is 0 Å². The molecule has 1 saturated carbocycles. The molecule has 0 radical (unpaired) electrons. The predicted molar refractivity (Wildman–Crippen MR) is 74.2 cm³/mol. The van der Waals surface area contributed by atoms with Crippen molar-refractivity contribution in [2.75, 3.05) is 6.54 Å². The molecule has 1 heterocycles. The first-order chi connectivity index (χ1) is 8.53. The third-order valence-corrected chi connectivity index (χ3v) is 5.78. The van der Waals surface area contributed by atoms with E-state index in [2.05, 4.69) is 10.0 Å². The molecule has 2 rings (SSSR count). The Morgan fingerprint density at radius 3 is 2.83 bits per heavy atom. The molecular formula is C12H20N2O2S2. The first kappa shape index (κ1) is 14.0. The van der Waals surface area contributed by atoms with Gasteiger partial charge < -0.3 is 5.32 Å². The SMILES string of the molecule is CCNCc1cc(S(=O)(=O)NC(C)C2CC2)cs1. The monoisotopic (exact) mass is 288 g/mol. The summed E-state index contributed by atoms with van der Waals surface area (Å²) in [6.45, 7) is 5.59. The first-order valence-electron chi connectivity index (χ1n) is 6.33. The Labute approximate surface area is 113 Å². The van der Waals surface area contributed by atoms with E-state index in [0.717, 1.165) is 30.8 Å². The topological polar surface area (TPSA) is 58.2 Å². The largest absolute Gasteiger partial charge is 0.312 e. The summed E-state index contributed by atoms with van der Waals surface area (Å²) >= 11 is 1.49. The molecule has 18 heavy (non-hydrogen) atoms. The van der Waals surface area contributed by atoms with Crippen LogP contribution in [0, 0.1) is 5.92 Å². The number of hydrogen-bond donors (Lipinski definition) is 2. The van der Waals surface area contributed by atoms with Gasteiger partial charge in [-0.2, -0.15) is 0 Å². The van der Waals surface area contributed by atoms with Gasteiger partial charge in [-0.05, 0) is 38.3 Å². The molecule has 0 spiro atoms. The third-order valence-electron chi connectivity index (χ3n) is 3.16. The van der Waals surface area contributed by atoms with Gasteiger partial charge in [0.1, 0.15) is 0 Å². The molecule has 1 fully saturated rings. The standard InChI is InChI=1S/C12H20N2O2S2/c1-3-13-7-11-6-12(8-17-11)18(15,16)14-9(2)10-4-5-10/h6,8-10,13-14H,3-5,7H2,1-2H3. The Balaban J connectivity index is 2.01. The van der Waals surface area contributed by atoms with Gasteiger partial charge in [-0.3, -0.25) is 0 Å². The average Bonchev–Trinajstić information content (AvgIpc) is 3.05. The highest BCUT2D eigenvalue weighted by molar-refractivity contribution is 7.89. The van der Waals surface area contributed by atoms with Gasteiger partial charge in [-0.15, -0.1) is 11.3 Å². The van der Waals surface area contributed by atoms with E-state index in [9.17, 15) is 8.42 Å². The van der Waals surface area contributed by atoms with Gasteiger partial charge >= 0.3 is 0 Å². The lowest BCUT2D eigenvalue weighted by atomic mass is 10.2. The maximum Gasteiger partial charge on any atom is 0.241 e. The van der Waals surface area contributed by atoms with Crippen LogP contribution in [0.4, 0.5) is 0 Å². The molecule has 102 valence electrons. The summed E-state index contributed by atoms with van der Waals surface area (Å²) in [7, 11) is -3.34. The zero-order chi connectivity index (χ0) is 13.2. The molecule has 1 aromatic rings. The van der Waals surface area contributed by atoms with E-state index in [4.69, 9.17) is 0 Å². The molecule has 0 amide bonds. The molecular weight excluding hydrogens is 268 g/mol. The lowest BCUT2D eigenvalue weighted by Gasteiger charge is -2.11. The molecule has 0 bridgehead atoms. The molecule has 4 nitrogen and oxygen atoms in total. The zero-order valence-corrected chi connectivity index (χ0v) is 12.4. The highest BCUT2D eigenvalue weighted by atomic mass is 32.2. The molecule has 0 aliphatic heterocycles.